The number of rotatable bonds is 8. The number of ether oxygens (including phenoxy) is 1. The Hall–Kier alpha value is -4.71. The molecule has 0 atom stereocenters. The van der Waals surface area contributed by atoms with E-state index in [1.807, 2.05) is 42.4 Å². The zero-order valence-corrected chi connectivity index (χ0v) is 18.9. The third-order valence-electron chi connectivity index (χ3n) is 5.35. The van der Waals surface area contributed by atoms with E-state index in [2.05, 4.69) is 28.0 Å². The topological polar surface area (TPSA) is 108 Å². The van der Waals surface area contributed by atoms with Crippen LogP contribution in [-0.2, 0) is 11.2 Å². The number of fused-ring (bicyclic) bond motifs is 1. The Labute approximate surface area is 196 Å². The number of nitrogens with zero attached hydrogens (tertiary/aromatic N) is 6. The van der Waals surface area contributed by atoms with Crippen LogP contribution in [-0.4, -0.2) is 46.2 Å². The zero-order chi connectivity index (χ0) is 24.1. The average Bonchev–Trinajstić information content (AvgIpc) is 3.31. The van der Waals surface area contributed by atoms with Gasteiger partial charge in [-0.25, -0.2) is 14.5 Å². The number of carbonyl (C=O) groups excluding carboxylic acids is 1. The lowest BCUT2D eigenvalue weighted by molar-refractivity contribution is -0.111. The van der Waals surface area contributed by atoms with Crippen molar-refractivity contribution in [2.75, 3.05) is 30.9 Å². The molecule has 3 heterocycles. The molecule has 1 N–H and O–H groups in total. The number of likely N-dealkylation sites (N-methyl/N-ethyl adjacent to an activating group) is 1. The highest BCUT2D eigenvalue weighted by Gasteiger charge is 2.16. The number of carbonyl (C=O) groups is 1. The Morgan fingerprint density at radius 1 is 1.32 bits per heavy atom. The fourth-order valence-electron chi connectivity index (χ4n) is 3.59. The average molecular weight is 454 g/mol. The predicted octanol–water partition coefficient (Wildman–Crippen LogP) is 3.47. The fourth-order valence-corrected chi connectivity index (χ4v) is 3.59. The van der Waals surface area contributed by atoms with Crippen molar-refractivity contribution >= 4 is 22.8 Å². The molecular formula is C25H23N7O2. The molecule has 0 aliphatic carbocycles. The smallest absolute Gasteiger partial charge is 0.247 e. The van der Waals surface area contributed by atoms with Gasteiger partial charge in [-0.2, -0.15) is 10.4 Å². The minimum Gasteiger partial charge on any atom is -0.495 e. The van der Waals surface area contributed by atoms with Crippen LogP contribution >= 0.6 is 0 Å². The Kier molecular flexibility index (Phi) is 6.50. The molecule has 9 heteroatoms. The molecule has 0 saturated carbocycles. The van der Waals surface area contributed by atoms with Crippen molar-refractivity contribution in [2.45, 2.75) is 6.42 Å². The van der Waals surface area contributed by atoms with Gasteiger partial charge in [0.2, 0.25) is 5.91 Å². The van der Waals surface area contributed by atoms with Crippen LogP contribution in [0.15, 0.2) is 67.6 Å². The van der Waals surface area contributed by atoms with E-state index in [1.54, 1.807) is 36.2 Å². The van der Waals surface area contributed by atoms with Gasteiger partial charge in [0, 0.05) is 43.7 Å². The van der Waals surface area contributed by atoms with Crippen LogP contribution < -0.4 is 15.0 Å². The van der Waals surface area contributed by atoms with Crippen LogP contribution in [0.25, 0.3) is 16.8 Å². The van der Waals surface area contributed by atoms with E-state index in [4.69, 9.17) is 9.72 Å². The summed E-state index contributed by atoms with van der Waals surface area (Å²) in [5.74, 6) is 0.989. The first-order valence-corrected chi connectivity index (χ1v) is 10.6. The summed E-state index contributed by atoms with van der Waals surface area (Å²) in [6.07, 6.45) is 6.86. The summed E-state index contributed by atoms with van der Waals surface area (Å²) in [6.45, 7) is 4.06. The Balaban J connectivity index is 1.58. The Bertz CT molecular complexity index is 1400. The summed E-state index contributed by atoms with van der Waals surface area (Å²) in [5.41, 5.74) is 4.04. The van der Waals surface area contributed by atoms with Gasteiger partial charge >= 0.3 is 0 Å². The number of pyridine rings is 1. The lowest BCUT2D eigenvalue weighted by Gasteiger charge is -2.22. The maximum absolute atomic E-state index is 11.7. The van der Waals surface area contributed by atoms with Gasteiger partial charge in [0.1, 0.15) is 17.6 Å². The van der Waals surface area contributed by atoms with Crippen molar-refractivity contribution in [3.8, 4) is 23.1 Å². The van der Waals surface area contributed by atoms with Crippen LogP contribution in [0.1, 0.15) is 11.4 Å². The van der Waals surface area contributed by atoms with Gasteiger partial charge in [-0.05, 0) is 36.4 Å². The third-order valence-corrected chi connectivity index (χ3v) is 5.35. The predicted molar refractivity (Wildman–Crippen MR) is 130 cm³/mol. The number of hydrogen-bond acceptors (Lipinski definition) is 7. The molecule has 0 radical (unpaired) electrons. The maximum atomic E-state index is 11.7. The molecule has 4 aromatic rings. The van der Waals surface area contributed by atoms with Gasteiger partial charge in [0.15, 0.2) is 0 Å². The van der Waals surface area contributed by atoms with Gasteiger partial charge in [-0.3, -0.25) is 4.79 Å². The molecule has 170 valence electrons. The molecule has 0 saturated heterocycles. The number of amides is 1. The number of benzene rings is 1. The number of nitriles is 1. The van der Waals surface area contributed by atoms with Crippen molar-refractivity contribution in [3.05, 3.63) is 79.0 Å². The second kappa shape index (κ2) is 9.83. The zero-order valence-electron chi connectivity index (χ0n) is 18.9. The lowest BCUT2D eigenvalue weighted by atomic mass is 10.1. The van der Waals surface area contributed by atoms with E-state index in [1.165, 1.54) is 6.08 Å². The largest absolute Gasteiger partial charge is 0.495 e. The highest BCUT2D eigenvalue weighted by molar-refractivity contribution is 5.99. The first kappa shape index (κ1) is 22.5. The third kappa shape index (κ3) is 4.56. The van der Waals surface area contributed by atoms with Gasteiger partial charge in [0.25, 0.3) is 0 Å². The number of methoxy groups -OCH3 is 1. The molecule has 1 amide bonds. The first-order valence-electron chi connectivity index (χ1n) is 10.6. The number of hydrogen-bond donors (Lipinski definition) is 1. The molecule has 3 aromatic heterocycles. The molecular weight excluding hydrogens is 430 g/mol. The van der Waals surface area contributed by atoms with E-state index in [0.717, 1.165) is 16.8 Å². The summed E-state index contributed by atoms with van der Waals surface area (Å²) < 4.78 is 7.24. The molecule has 0 bridgehead atoms. The summed E-state index contributed by atoms with van der Waals surface area (Å²) in [7, 11) is 3.52. The highest BCUT2D eigenvalue weighted by atomic mass is 16.5. The van der Waals surface area contributed by atoms with Gasteiger partial charge < -0.3 is 15.0 Å². The van der Waals surface area contributed by atoms with Crippen LogP contribution in [0.3, 0.4) is 0 Å². The molecule has 0 aliphatic heterocycles. The van der Waals surface area contributed by atoms with E-state index in [9.17, 15) is 10.1 Å². The molecule has 0 aliphatic rings. The van der Waals surface area contributed by atoms with Crippen LogP contribution in [0, 0.1) is 11.3 Å². The minimum atomic E-state index is -0.287. The summed E-state index contributed by atoms with van der Waals surface area (Å²) in [6, 6.07) is 13.3. The summed E-state index contributed by atoms with van der Waals surface area (Å²) in [5, 5.41) is 16.7. The molecule has 0 fully saturated rings. The van der Waals surface area contributed by atoms with E-state index in [0.29, 0.717) is 41.5 Å². The molecule has 34 heavy (non-hydrogen) atoms. The normalized spacial score (nSPS) is 10.5. The summed E-state index contributed by atoms with van der Waals surface area (Å²) in [4.78, 5) is 22.8. The van der Waals surface area contributed by atoms with Crippen molar-refractivity contribution in [3.63, 3.8) is 0 Å². The maximum Gasteiger partial charge on any atom is 0.247 e. The second-order valence-electron chi connectivity index (χ2n) is 7.50. The van der Waals surface area contributed by atoms with Gasteiger partial charge in [-0.1, -0.05) is 12.6 Å². The highest BCUT2D eigenvalue weighted by Crippen LogP contribution is 2.31. The number of anilines is 2. The lowest BCUT2D eigenvalue weighted by Crippen LogP contribution is -2.22. The molecule has 0 unspecified atom stereocenters. The van der Waals surface area contributed by atoms with Crippen molar-refractivity contribution in [2.24, 2.45) is 0 Å². The van der Waals surface area contributed by atoms with Gasteiger partial charge in [0.05, 0.1) is 35.8 Å². The Morgan fingerprint density at radius 2 is 2.18 bits per heavy atom. The van der Waals surface area contributed by atoms with Crippen molar-refractivity contribution in [1.82, 2.24) is 19.6 Å². The number of nitrogens with one attached hydrogen (secondary N) is 1. The van der Waals surface area contributed by atoms with E-state index in [-0.39, 0.29) is 5.91 Å². The molecule has 9 nitrogen and oxygen atoms in total. The summed E-state index contributed by atoms with van der Waals surface area (Å²) >= 11 is 0. The molecule has 1 aromatic carbocycles. The first-order chi connectivity index (χ1) is 16.5. The second-order valence-corrected chi connectivity index (χ2v) is 7.50. The van der Waals surface area contributed by atoms with Crippen LogP contribution in [0.2, 0.25) is 0 Å². The SMILES string of the molecule is C=CC(=O)Nc1ccc(OC)c(N(C)CCc2ncc(C#N)c(-c3cnn4ccccc34)n2)c1. The molecule has 0 spiro atoms. The van der Waals surface area contributed by atoms with E-state index < -0.39 is 0 Å². The van der Waals surface area contributed by atoms with Crippen molar-refractivity contribution in [1.29, 1.82) is 5.26 Å². The monoisotopic (exact) mass is 453 g/mol. The minimum absolute atomic E-state index is 0.287. The fraction of sp³-hybridized carbons (Fsp3) is 0.160. The van der Waals surface area contributed by atoms with Crippen LogP contribution in [0.5, 0.6) is 5.75 Å². The standard InChI is InChI=1S/C25H23N7O2/c1-4-24(33)29-18-8-9-22(34-3)21(13-18)31(2)12-10-23-27-15-17(14-26)25(30-23)19-16-28-32-11-6-5-7-20(19)32/h4-9,11,13,15-16H,1,10,12H2,2-3H3,(H,29,33). The van der Waals surface area contributed by atoms with Gasteiger partial charge in [-0.15, -0.1) is 0 Å². The van der Waals surface area contributed by atoms with Crippen LogP contribution in [0.4, 0.5) is 11.4 Å². The number of aromatic nitrogens is 4. The Morgan fingerprint density at radius 3 is 2.94 bits per heavy atom. The molecule has 4 rings (SSSR count). The quantitative estimate of drug-likeness (QED) is 0.407. The van der Waals surface area contributed by atoms with E-state index >= 15 is 0 Å². The van der Waals surface area contributed by atoms with Crippen molar-refractivity contribution < 1.29 is 9.53 Å².